The molecule has 3 N–H and O–H groups in total. The lowest BCUT2D eigenvalue weighted by Gasteiger charge is -2.12. The number of methoxy groups -OCH3 is 1. The van der Waals surface area contributed by atoms with Gasteiger partial charge in [-0.2, -0.15) is 0 Å². The second kappa shape index (κ2) is 10.6. The average molecular weight is 446 g/mol. The van der Waals surface area contributed by atoms with Crippen LogP contribution in [0.3, 0.4) is 0 Å². The van der Waals surface area contributed by atoms with Crippen LogP contribution in [0.2, 0.25) is 0 Å². The number of carbonyl (C=O) groups excluding carboxylic acids is 2. The van der Waals surface area contributed by atoms with Gasteiger partial charge in [0, 0.05) is 19.7 Å². The molecular weight excluding hydrogens is 418 g/mol. The maximum Gasteiger partial charge on any atom is 0.328 e. The van der Waals surface area contributed by atoms with Crippen molar-refractivity contribution >= 4 is 28.0 Å². The normalized spacial score (nSPS) is 11.2. The van der Waals surface area contributed by atoms with Gasteiger partial charge in [-0.05, 0) is 55.2 Å². The summed E-state index contributed by atoms with van der Waals surface area (Å²) in [5.41, 5.74) is 3.87. The molecule has 0 aliphatic carbocycles. The minimum atomic E-state index is -4.11. The highest BCUT2D eigenvalue weighted by atomic mass is 32.2. The van der Waals surface area contributed by atoms with Crippen molar-refractivity contribution in [3.63, 3.8) is 0 Å². The second-order valence-electron chi connectivity index (χ2n) is 6.90. The Hall–Kier alpha value is -3.33. The first kappa shape index (κ1) is 23.9. The maximum atomic E-state index is 12.5. The van der Waals surface area contributed by atoms with Gasteiger partial charge >= 0.3 is 6.03 Å². The second-order valence-corrected chi connectivity index (χ2v) is 8.56. The number of carbonyl (C=O) groups is 2. The van der Waals surface area contributed by atoms with Gasteiger partial charge in [0.2, 0.25) is 5.91 Å². The Labute approximate surface area is 182 Å². The average Bonchev–Trinajstić information content (AvgIpc) is 2.72. The van der Waals surface area contributed by atoms with E-state index in [1.165, 1.54) is 32.4 Å². The van der Waals surface area contributed by atoms with Gasteiger partial charge in [0.1, 0.15) is 10.6 Å². The van der Waals surface area contributed by atoms with Gasteiger partial charge in [-0.25, -0.2) is 17.9 Å². The van der Waals surface area contributed by atoms with Crippen LogP contribution in [0.5, 0.6) is 5.75 Å². The maximum absolute atomic E-state index is 12.5. The third kappa shape index (κ3) is 6.85. The molecule has 0 aromatic heterocycles. The number of benzene rings is 2. The Bertz CT molecular complexity index is 1090. The highest BCUT2D eigenvalue weighted by Gasteiger charge is 2.22. The zero-order valence-electron chi connectivity index (χ0n) is 18.0. The lowest BCUT2D eigenvalue weighted by atomic mass is 10.1. The zero-order chi connectivity index (χ0) is 23.0. The number of aryl methyl sites for hydroxylation is 2. The predicted octanol–water partition coefficient (Wildman–Crippen LogP) is 2.30. The van der Waals surface area contributed by atoms with E-state index in [0.717, 1.165) is 16.7 Å². The standard InChI is InChI=1S/C22H27N3O5S/c1-15-5-7-18(16(2)13-15)8-10-21(26)24-12-11-17-6-9-19(30-4)20(14-17)31(28,29)25-22(27)23-3/h5-10,13-14H,11-12H2,1-4H3,(H,24,26)(H2,23,25,27)/b10-8+. The smallest absolute Gasteiger partial charge is 0.328 e. The number of sulfonamides is 1. The van der Waals surface area contributed by atoms with Crippen molar-refractivity contribution in [1.29, 1.82) is 0 Å². The monoisotopic (exact) mass is 445 g/mol. The van der Waals surface area contributed by atoms with Crippen LogP contribution in [0, 0.1) is 13.8 Å². The Morgan fingerprint density at radius 2 is 1.84 bits per heavy atom. The molecule has 0 fully saturated rings. The Morgan fingerprint density at radius 3 is 2.48 bits per heavy atom. The molecule has 2 aromatic rings. The van der Waals surface area contributed by atoms with E-state index in [2.05, 4.69) is 10.6 Å². The summed E-state index contributed by atoms with van der Waals surface area (Å²) in [5, 5.41) is 4.97. The summed E-state index contributed by atoms with van der Waals surface area (Å²) in [5.74, 6) is -0.136. The minimum Gasteiger partial charge on any atom is -0.495 e. The van der Waals surface area contributed by atoms with E-state index in [-0.39, 0.29) is 16.6 Å². The molecule has 8 nitrogen and oxygen atoms in total. The number of rotatable bonds is 8. The third-order valence-corrected chi connectivity index (χ3v) is 5.88. The van der Waals surface area contributed by atoms with Crippen molar-refractivity contribution in [3.8, 4) is 5.75 Å². The Balaban J connectivity index is 2.02. The predicted molar refractivity (Wildman–Crippen MR) is 119 cm³/mol. The number of hydrogen-bond acceptors (Lipinski definition) is 5. The Kier molecular flexibility index (Phi) is 8.21. The van der Waals surface area contributed by atoms with Crippen LogP contribution < -0.4 is 20.1 Å². The number of urea groups is 1. The van der Waals surface area contributed by atoms with Gasteiger partial charge in [-0.3, -0.25) is 4.79 Å². The molecule has 0 heterocycles. The Morgan fingerprint density at radius 1 is 1.10 bits per heavy atom. The molecule has 0 bridgehead atoms. The molecule has 0 aliphatic rings. The minimum absolute atomic E-state index is 0.112. The van der Waals surface area contributed by atoms with E-state index in [0.29, 0.717) is 18.5 Å². The molecule has 0 unspecified atom stereocenters. The lowest BCUT2D eigenvalue weighted by molar-refractivity contribution is -0.116. The van der Waals surface area contributed by atoms with E-state index < -0.39 is 16.1 Å². The molecule has 166 valence electrons. The molecule has 0 spiro atoms. The fourth-order valence-electron chi connectivity index (χ4n) is 2.88. The molecule has 9 heteroatoms. The highest BCUT2D eigenvalue weighted by molar-refractivity contribution is 7.90. The number of amides is 3. The largest absolute Gasteiger partial charge is 0.495 e. The molecule has 3 amide bonds. The van der Waals surface area contributed by atoms with E-state index >= 15 is 0 Å². The van der Waals surface area contributed by atoms with Crippen molar-refractivity contribution < 1.29 is 22.7 Å². The van der Waals surface area contributed by atoms with Gasteiger partial charge < -0.3 is 15.4 Å². The first-order chi connectivity index (χ1) is 14.7. The number of ether oxygens (including phenoxy) is 1. The molecule has 0 saturated heterocycles. The first-order valence-corrected chi connectivity index (χ1v) is 11.1. The van der Waals surface area contributed by atoms with Crippen molar-refractivity contribution in [3.05, 3.63) is 64.7 Å². The summed E-state index contributed by atoms with van der Waals surface area (Å²) in [6, 6.07) is 9.77. The molecule has 2 rings (SSSR count). The molecule has 0 radical (unpaired) electrons. The SMILES string of the molecule is CNC(=O)NS(=O)(=O)c1cc(CCNC(=O)/C=C/c2ccc(C)cc2C)ccc1OC. The van der Waals surface area contributed by atoms with Crippen LogP contribution in [0.4, 0.5) is 4.79 Å². The molecule has 2 aromatic carbocycles. The first-order valence-electron chi connectivity index (χ1n) is 9.61. The summed E-state index contributed by atoms with van der Waals surface area (Å²) >= 11 is 0. The number of hydrogen-bond donors (Lipinski definition) is 3. The van der Waals surface area contributed by atoms with E-state index in [1.807, 2.05) is 36.8 Å². The van der Waals surface area contributed by atoms with Gasteiger partial charge in [0.05, 0.1) is 7.11 Å². The number of nitrogens with one attached hydrogen (secondary N) is 3. The van der Waals surface area contributed by atoms with Gasteiger partial charge in [-0.1, -0.05) is 29.8 Å². The van der Waals surface area contributed by atoms with Crippen molar-refractivity contribution in [2.24, 2.45) is 0 Å². The zero-order valence-corrected chi connectivity index (χ0v) is 18.8. The van der Waals surface area contributed by atoms with Crippen LogP contribution in [-0.4, -0.2) is 41.1 Å². The summed E-state index contributed by atoms with van der Waals surface area (Å²) < 4.78 is 31.9. The fourth-order valence-corrected chi connectivity index (χ4v) is 4.06. The third-order valence-electron chi connectivity index (χ3n) is 4.52. The summed E-state index contributed by atoms with van der Waals surface area (Å²) in [6.07, 6.45) is 3.62. The molecule has 0 saturated carbocycles. The van der Waals surface area contributed by atoms with Crippen LogP contribution in [0.25, 0.3) is 6.08 Å². The summed E-state index contributed by atoms with van der Waals surface area (Å²) in [4.78, 5) is 23.4. The van der Waals surface area contributed by atoms with Crippen molar-refractivity contribution in [1.82, 2.24) is 15.4 Å². The molecular formula is C22H27N3O5S. The van der Waals surface area contributed by atoms with Gasteiger partial charge in [0.25, 0.3) is 10.0 Å². The van der Waals surface area contributed by atoms with Crippen LogP contribution >= 0.6 is 0 Å². The molecule has 31 heavy (non-hydrogen) atoms. The van der Waals surface area contributed by atoms with E-state index in [4.69, 9.17) is 4.74 Å². The summed E-state index contributed by atoms with van der Waals surface area (Å²) in [7, 11) is -1.45. The summed E-state index contributed by atoms with van der Waals surface area (Å²) in [6.45, 7) is 4.31. The van der Waals surface area contributed by atoms with Crippen LogP contribution in [-0.2, 0) is 21.2 Å². The van der Waals surface area contributed by atoms with Gasteiger partial charge in [0.15, 0.2) is 0 Å². The highest BCUT2D eigenvalue weighted by Crippen LogP contribution is 2.25. The lowest BCUT2D eigenvalue weighted by Crippen LogP contribution is -2.37. The van der Waals surface area contributed by atoms with Crippen LogP contribution in [0.15, 0.2) is 47.4 Å². The fraction of sp³-hybridized carbons (Fsp3) is 0.273. The van der Waals surface area contributed by atoms with E-state index in [1.54, 1.807) is 12.1 Å². The topological polar surface area (TPSA) is 114 Å². The van der Waals surface area contributed by atoms with Crippen molar-refractivity contribution in [2.45, 2.75) is 25.2 Å². The molecule has 0 atom stereocenters. The van der Waals surface area contributed by atoms with Gasteiger partial charge in [-0.15, -0.1) is 0 Å². The van der Waals surface area contributed by atoms with E-state index in [9.17, 15) is 18.0 Å². The quantitative estimate of drug-likeness (QED) is 0.540. The molecule has 0 aliphatic heterocycles. The van der Waals surface area contributed by atoms with Crippen LogP contribution in [0.1, 0.15) is 22.3 Å². The van der Waals surface area contributed by atoms with Crippen molar-refractivity contribution in [2.75, 3.05) is 20.7 Å².